The molecule has 3 aromatic rings. The molecule has 7 heteroatoms. The van der Waals surface area contributed by atoms with Crippen LogP contribution in [0.1, 0.15) is 10.4 Å². The second-order valence-corrected chi connectivity index (χ2v) is 5.71. The van der Waals surface area contributed by atoms with E-state index in [1.54, 1.807) is 17.4 Å². The van der Waals surface area contributed by atoms with Crippen molar-refractivity contribution >= 4 is 27.5 Å². The van der Waals surface area contributed by atoms with Crippen LogP contribution in [0, 0.1) is 6.92 Å². The number of aromatic nitrogens is 2. The number of nitrogens with zero attached hydrogens (tertiary/aromatic N) is 2. The van der Waals surface area contributed by atoms with Gasteiger partial charge in [-0.25, -0.2) is 10.8 Å². The molecule has 108 valence electrons. The van der Waals surface area contributed by atoms with E-state index in [-0.39, 0.29) is 6.61 Å². The van der Waals surface area contributed by atoms with Gasteiger partial charge in [0.05, 0.1) is 12.0 Å². The summed E-state index contributed by atoms with van der Waals surface area (Å²) in [6.07, 6.45) is 0. The molecule has 3 rings (SSSR count). The van der Waals surface area contributed by atoms with E-state index in [2.05, 4.69) is 15.4 Å². The van der Waals surface area contributed by atoms with Crippen LogP contribution in [-0.2, 0) is 6.61 Å². The Morgan fingerprint density at radius 1 is 1.33 bits per heavy atom. The number of rotatable bonds is 4. The van der Waals surface area contributed by atoms with E-state index in [9.17, 15) is 5.11 Å². The largest absolute Gasteiger partial charge is 0.438 e. The molecular weight excluding hydrogens is 288 g/mol. The molecule has 21 heavy (non-hydrogen) atoms. The molecule has 0 bridgehead atoms. The molecule has 0 aliphatic carbocycles. The van der Waals surface area contributed by atoms with Gasteiger partial charge in [-0.05, 0) is 30.7 Å². The van der Waals surface area contributed by atoms with Crippen LogP contribution in [0.3, 0.4) is 0 Å². The predicted octanol–water partition coefficient (Wildman–Crippen LogP) is 2.57. The van der Waals surface area contributed by atoms with Crippen LogP contribution < -0.4 is 16.0 Å². The van der Waals surface area contributed by atoms with Crippen LogP contribution in [0.15, 0.2) is 30.3 Å². The fraction of sp³-hybridized carbons (Fsp3) is 0.143. The summed E-state index contributed by atoms with van der Waals surface area (Å²) >= 11 is 1.55. The molecule has 0 aliphatic rings. The molecule has 4 N–H and O–H groups in total. The van der Waals surface area contributed by atoms with Crippen molar-refractivity contribution in [2.75, 3.05) is 5.43 Å². The van der Waals surface area contributed by atoms with Crippen molar-refractivity contribution < 1.29 is 9.84 Å². The van der Waals surface area contributed by atoms with Gasteiger partial charge in [-0.1, -0.05) is 12.1 Å². The molecule has 0 atom stereocenters. The van der Waals surface area contributed by atoms with Gasteiger partial charge < -0.3 is 9.84 Å². The fourth-order valence-electron chi connectivity index (χ4n) is 1.98. The van der Waals surface area contributed by atoms with Gasteiger partial charge in [-0.2, -0.15) is 4.98 Å². The number of fused-ring (bicyclic) bond motifs is 1. The Labute approximate surface area is 125 Å². The Hall–Kier alpha value is -2.22. The summed E-state index contributed by atoms with van der Waals surface area (Å²) in [5, 5.41) is 10.0. The van der Waals surface area contributed by atoms with E-state index in [4.69, 9.17) is 10.6 Å². The first-order valence-electron chi connectivity index (χ1n) is 6.32. The maximum Gasteiger partial charge on any atom is 0.241 e. The maximum atomic E-state index is 9.18. The van der Waals surface area contributed by atoms with E-state index < -0.39 is 0 Å². The second-order valence-electron chi connectivity index (χ2n) is 4.48. The molecule has 2 aromatic heterocycles. The van der Waals surface area contributed by atoms with Crippen molar-refractivity contribution in [1.29, 1.82) is 0 Å². The lowest BCUT2D eigenvalue weighted by atomic mass is 10.2. The number of ether oxygens (including phenoxy) is 1. The highest BCUT2D eigenvalue weighted by Gasteiger charge is 2.12. The molecule has 0 saturated heterocycles. The number of aryl methyl sites for hydroxylation is 1. The smallest absolute Gasteiger partial charge is 0.241 e. The third-order valence-electron chi connectivity index (χ3n) is 2.91. The van der Waals surface area contributed by atoms with Crippen molar-refractivity contribution in [3.05, 3.63) is 40.8 Å². The van der Waals surface area contributed by atoms with Crippen LogP contribution in [0.25, 0.3) is 10.2 Å². The summed E-state index contributed by atoms with van der Waals surface area (Å²) in [5.41, 5.74) is 3.22. The van der Waals surface area contributed by atoms with Crippen molar-refractivity contribution in [2.24, 2.45) is 5.84 Å². The van der Waals surface area contributed by atoms with Gasteiger partial charge in [0.1, 0.15) is 10.6 Å². The molecule has 0 saturated carbocycles. The normalized spacial score (nSPS) is 10.8. The third kappa shape index (κ3) is 2.80. The van der Waals surface area contributed by atoms with Gasteiger partial charge >= 0.3 is 0 Å². The first-order chi connectivity index (χ1) is 10.2. The van der Waals surface area contributed by atoms with Crippen LogP contribution in [0.2, 0.25) is 0 Å². The highest BCUT2D eigenvalue weighted by Crippen LogP contribution is 2.33. The second kappa shape index (κ2) is 5.65. The lowest BCUT2D eigenvalue weighted by molar-refractivity contribution is 0.281. The van der Waals surface area contributed by atoms with Gasteiger partial charge in [-0.15, -0.1) is 11.3 Å². The van der Waals surface area contributed by atoms with E-state index in [0.29, 0.717) is 17.6 Å². The monoisotopic (exact) mass is 302 g/mol. The quantitative estimate of drug-likeness (QED) is 0.506. The minimum absolute atomic E-state index is 0.0381. The van der Waals surface area contributed by atoms with Crippen molar-refractivity contribution in [2.45, 2.75) is 13.5 Å². The molecular formula is C14H14N4O2S. The number of aliphatic hydroxyl groups excluding tert-OH is 1. The topological polar surface area (TPSA) is 93.3 Å². The zero-order chi connectivity index (χ0) is 14.8. The molecule has 0 amide bonds. The highest BCUT2D eigenvalue weighted by atomic mass is 32.1. The number of nitrogen functional groups attached to an aromatic ring is 1. The van der Waals surface area contributed by atoms with Gasteiger partial charge in [0.25, 0.3) is 0 Å². The molecule has 0 unspecified atom stereocenters. The number of nitrogens with two attached hydrogens (primary N) is 1. The number of nitrogens with one attached hydrogen (secondary N) is 1. The average Bonchev–Trinajstić information content (AvgIpc) is 2.88. The number of benzene rings is 1. The number of hydrogen-bond donors (Lipinski definition) is 3. The summed E-state index contributed by atoms with van der Waals surface area (Å²) in [7, 11) is 0. The molecule has 0 fully saturated rings. The van der Waals surface area contributed by atoms with Crippen molar-refractivity contribution in [3.63, 3.8) is 0 Å². The maximum absolute atomic E-state index is 9.18. The van der Waals surface area contributed by atoms with E-state index in [1.165, 1.54) is 0 Å². The standard InChI is InChI=1S/C14H14N4O2S/c1-8-5-11-12(16-14(18-15)17-13(11)21-8)20-10-4-2-3-9(6-10)7-19/h2-6,19H,7,15H2,1H3,(H,16,17,18). The Kier molecular flexibility index (Phi) is 3.70. The summed E-state index contributed by atoms with van der Waals surface area (Å²) in [4.78, 5) is 10.5. The van der Waals surface area contributed by atoms with E-state index in [1.807, 2.05) is 31.2 Å². The number of hydrazine groups is 1. The van der Waals surface area contributed by atoms with Crippen LogP contribution in [0.4, 0.5) is 5.95 Å². The van der Waals surface area contributed by atoms with E-state index in [0.717, 1.165) is 20.7 Å². The Balaban J connectivity index is 2.05. The number of thiophene rings is 1. The number of aliphatic hydroxyl groups is 1. The minimum atomic E-state index is -0.0381. The van der Waals surface area contributed by atoms with Gasteiger partial charge in [0.15, 0.2) is 0 Å². The molecule has 2 heterocycles. The summed E-state index contributed by atoms with van der Waals surface area (Å²) in [6.45, 7) is 1.96. The Morgan fingerprint density at radius 2 is 2.19 bits per heavy atom. The molecule has 6 nitrogen and oxygen atoms in total. The van der Waals surface area contributed by atoms with Crippen molar-refractivity contribution in [1.82, 2.24) is 9.97 Å². The lowest BCUT2D eigenvalue weighted by Gasteiger charge is -2.08. The summed E-state index contributed by atoms with van der Waals surface area (Å²) in [6, 6.07) is 9.19. The first-order valence-corrected chi connectivity index (χ1v) is 7.13. The molecule has 0 radical (unpaired) electrons. The molecule has 1 aromatic carbocycles. The molecule has 0 aliphatic heterocycles. The van der Waals surface area contributed by atoms with Gasteiger partial charge in [-0.3, -0.25) is 5.43 Å². The minimum Gasteiger partial charge on any atom is -0.438 e. The predicted molar refractivity (Wildman–Crippen MR) is 82.4 cm³/mol. The fourth-order valence-corrected chi connectivity index (χ4v) is 2.85. The van der Waals surface area contributed by atoms with E-state index >= 15 is 0 Å². The van der Waals surface area contributed by atoms with Crippen LogP contribution in [0.5, 0.6) is 11.6 Å². The van der Waals surface area contributed by atoms with Gasteiger partial charge in [0.2, 0.25) is 11.8 Å². The Bertz CT molecular complexity index is 788. The average molecular weight is 302 g/mol. The van der Waals surface area contributed by atoms with Crippen LogP contribution in [-0.4, -0.2) is 15.1 Å². The first kappa shape index (κ1) is 13.7. The Morgan fingerprint density at radius 3 is 2.95 bits per heavy atom. The number of anilines is 1. The zero-order valence-electron chi connectivity index (χ0n) is 11.3. The third-order valence-corrected chi connectivity index (χ3v) is 3.85. The SMILES string of the molecule is Cc1cc2c(Oc3cccc(CO)c3)nc(NN)nc2s1. The van der Waals surface area contributed by atoms with Gasteiger partial charge in [0, 0.05) is 4.88 Å². The summed E-state index contributed by atoms with van der Waals surface area (Å²) < 4.78 is 5.84. The number of hydrogen-bond acceptors (Lipinski definition) is 7. The zero-order valence-corrected chi connectivity index (χ0v) is 12.1. The summed E-state index contributed by atoms with van der Waals surface area (Å²) in [5.74, 6) is 6.74. The van der Waals surface area contributed by atoms with Crippen LogP contribution >= 0.6 is 11.3 Å². The molecule has 0 spiro atoms. The van der Waals surface area contributed by atoms with Crippen molar-refractivity contribution in [3.8, 4) is 11.6 Å². The highest BCUT2D eigenvalue weighted by molar-refractivity contribution is 7.18. The lowest BCUT2D eigenvalue weighted by Crippen LogP contribution is -2.10.